The molecule has 2 aromatic carbocycles. The zero-order valence-electron chi connectivity index (χ0n) is 15.2. The topological polar surface area (TPSA) is 46.6 Å². The highest BCUT2D eigenvalue weighted by Gasteiger charge is 2.47. The van der Waals surface area contributed by atoms with E-state index in [0.717, 1.165) is 11.3 Å². The summed E-state index contributed by atoms with van der Waals surface area (Å²) < 4.78 is 6.24. The molecule has 1 heterocycles. The van der Waals surface area contributed by atoms with Crippen molar-refractivity contribution < 1.29 is 14.3 Å². The Morgan fingerprint density at radius 3 is 2.37 bits per heavy atom. The predicted octanol–water partition coefficient (Wildman–Crippen LogP) is 3.69. The lowest BCUT2D eigenvalue weighted by atomic mass is 9.91. The number of carbonyl (C=O) groups excluding carboxylic acids is 2. The highest BCUT2D eigenvalue weighted by atomic mass is 16.5. The molecule has 1 spiro atoms. The molecule has 4 nitrogen and oxygen atoms in total. The molecule has 2 aliphatic rings. The molecule has 1 amide bonds. The van der Waals surface area contributed by atoms with Crippen molar-refractivity contribution in [1.29, 1.82) is 0 Å². The van der Waals surface area contributed by atoms with Crippen LogP contribution in [0.25, 0.3) is 0 Å². The zero-order chi connectivity index (χ0) is 18.9. The maximum Gasteiger partial charge on any atom is 0.235 e. The summed E-state index contributed by atoms with van der Waals surface area (Å²) in [6, 6.07) is 19.4. The summed E-state index contributed by atoms with van der Waals surface area (Å²) in [6.07, 6.45) is 5.55. The van der Waals surface area contributed by atoms with Crippen LogP contribution in [0, 0.1) is 5.92 Å². The molecule has 1 aliphatic carbocycles. The molecule has 136 valence electrons. The Kier molecular flexibility index (Phi) is 4.50. The van der Waals surface area contributed by atoms with E-state index in [2.05, 4.69) is 0 Å². The summed E-state index contributed by atoms with van der Waals surface area (Å²) >= 11 is 0. The minimum atomic E-state index is -1.05. The first-order valence-corrected chi connectivity index (χ1v) is 9.09. The Hall–Kier alpha value is -2.98. The van der Waals surface area contributed by atoms with Crippen LogP contribution in [-0.2, 0) is 20.7 Å². The van der Waals surface area contributed by atoms with Crippen LogP contribution in [0.3, 0.4) is 0 Å². The van der Waals surface area contributed by atoms with Crippen molar-refractivity contribution in [2.75, 3.05) is 11.5 Å². The van der Waals surface area contributed by atoms with E-state index in [0.29, 0.717) is 18.6 Å². The lowest BCUT2D eigenvalue weighted by molar-refractivity contribution is -0.138. The average molecular weight is 359 g/mol. The lowest BCUT2D eigenvalue weighted by Crippen LogP contribution is -2.60. The van der Waals surface area contributed by atoms with Crippen LogP contribution >= 0.6 is 0 Å². The molecule has 0 N–H and O–H groups in total. The monoisotopic (exact) mass is 359 g/mol. The van der Waals surface area contributed by atoms with E-state index in [1.165, 1.54) is 6.08 Å². The van der Waals surface area contributed by atoms with Crippen LogP contribution in [0.4, 0.5) is 5.69 Å². The van der Waals surface area contributed by atoms with E-state index >= 15 is 0 Å². The van der Waals surface area contributed by atoms with E-state index in [9.17, 15) is 9.59 Å². The Morgan fingerprint density at radius 1 is 1.04 bits per heavy atom. The van der Waals surface area contributed by atoms with Crippen molar-refractivity contribution in [2.24, 2.45) is 5.92 Å². The van der Waals surface area contributed by atoms with Gasteiger partial charge in [0.05, 0.1) is 12.5 Å². The van der Waals surface area contributed by atoms with Crippen molar-refractivity contribution in [3.8, 4) is 0 Å². The summed E-state index contributed by atoms with van der Waals surface area (Å²) in [7, 11) is 0. The Labute approximate surface area is 158 Å². The summed E-state index contributed by atoms with van der Waals surface area (Å²) in [5.41, 5.74) is 1.38. The molecule has 0 bridgehead atoms. The van der Waals surface area contributed by atoms with Gasteiger partial charge < -0.3 is 4.74 Å². The maximum atomic E-state index is 13.5. The number of ether oxygens (including phenoxy) is 1. The predicted molar refractivity (Wildman–Crippen MR) is 104 cm³/mol. The second kappa shape index (κ2) is 6.97. The fourth-order valence-corrected chi connectivity index (χ4v) is 3.66. The molecule has 1 aliphatic heterocycles. The molecule has 1 saturated heterocycles. The number of hydrogen-bond acceptors (Lipinski definition) is 3. The fraction of sp³-hybridized carbons (Fsp3) is 0.217. The number of anilines is 1. The number of amides is 1. The molecular formula is C23H21NO3. The Morgan fingerprint density at radius 2 is 1.70 bits per heavy atom. The lowest BCUT2D eigenvalue weighted by Gasteiger charge is -2.46. The van der Waals surface area contributed by atoms with Gasteiger partial charge in [0.2, 0.25) is 5.91 Å². The molecular weight excluding hydrogens is 338 g/mol. The second-order valence-electron chi connectivity index (χ2n) is 6.98. The molecule has 0 radical (unpaired) electrons. The molecule has 27 heavy (non-hydrogen) atoms. The van der Waals surface area contributed by atoms with Crippen LogP contribution in [0.1, 0.15) is 12.5 Å². The third-order valence-electron chi connectivity index (χ3n) is 5.06. The number of hydrogen-bond donors (Lipinski definition) is 0. The van der Waals surface area contributed by atoms with Gasteiger partial charge in [0.25, 0.3) is 0 Å². The van der Waals surface area contributed by atoms with Gasteiger partial charge in [-0.25, -0.2) is 0 Å². The zero-order valence-corrected chi connectivity index (χ0v) is 15.2. The number of benzene rings is 2. The van der Waals surface area contributed by atoms with Gasteiger partial charge in [-0.2, -0.15) is 0 Å². The molecule has 2 atom stereocenters. The van der Waals surface area contributed by atoms with Crippen molar-refractivity contribution in [3.63, 3.8) is 0 Å². The highest BCUT2D eigenvalue weighted by Crippen LogP contribution is 2.37. The normalized spacial score (nSPS) is 25.0. The minimum absolute atomic E-state index is 0.000600. The quantitative estimate of drug-likeness (QED) is 0.840. The minimum Gasteiger partial charge on any atom is -0.347 e. The third kappa shape index (κ3) is 3.24. The van der Waals surface area contributed by atoms with E-state index in [-0.39, 0.29) is 17.6 Å². The fourth-order valence-electron chi connectivity index (χ4n) is 3.66. The van der Waals surface area contributed by atoms with Gasteiger partial charge in [0.1, 0.15) is 0 Å². The van der Waals surface area contributed by atoms with Crippen molar-refractivity contribution in [3.05, 3.63) is 90.0 Å². The van der Waals surface area contributed by atoms with E-state index in [1.54, 1.807) is 24.0 Å². The van der Waals surface area contributed by atoms with E-state index < -0.39 is 5.72 Å². The molecule has 0 saturated carbocycles. The van der Waals surface area contributed by atoms with Gasteiger partial charge in [-0.05, 0) is 54.8 Å². The van der Waals surface area contributed by atoms with Crippen LogP contribution in [-0.4, -0.2) is 24.0 Å². The number of nitrogens with zero attached hydrogens (tertiary/aromatic N) is 1. The first-order valence-electron chi connectivity index (χ1n) is 9.09. The second-order valence-corrected chi connectivity index (χ2v) is 6.98. The van der Waals surface area contributed by atoms with Gasteiger partial charge in [0, 0.05) is 5.69 Å². The Balaban J connectivity index is 1.72. The largest absolute Gasteiger partial charge is 0.347 e. The molecule has 0 aromatic heterocycles. The molecule has 4 heteroatoms. The van der Waals surface area contributed by atoms with Crippen molar-refractivity contribution in [2.45, 2.75) is 19.1 Å². The van der Waals surface area contributed by atoms with E-state index in [1.807, 2.05) is 60.7 Å². The van der Waals surface area contributed by atoms with Gasteiger partial charge >= 0.3 is 0 Å². The third-order valence-corrected chi connectivity index (χ3v) is 5.06. The summed E-state index contributed by atoms with van der Waals surface area (Å²) in [5.74, 6) is -0.339. The summed E-state index contributed by atoms with van der Waals surface area (Å²) in [6.45, 7) is 2.06. The van der Waals surface area contributed by atoms with Gasteiger partial charge in [-0.3, -0.25) is 14.5 Å². The summed E-state index contributed by atoms with van der Waals surface area (Å²) in [5, 5.41) is 0. The van der Waals surface area contributed by atoms with Crippen LogP contribution in [0.2, 0.25) is 0 Å². The molecule has 1 fully saturated rings. The first kappa shape index (κ1) is 17.4. The summed E-state index contributed by atoms with van der Waals surface area (Å²) in [4.78, 5) is 27.1. The maximum absolute atomic E-state index is 13.5. The van der Waals surface area contributed by atoms with Gasteiger partial charge in [-0.15, -0.1) is 0 Å². The standard InChI is InChI=1S/C23H21NO3/c1-17-15-23(13-12-21(17)25)24(20-10-6-3-7-11-20)22(26)19(16-27-23)14-18-8-4-2-5-9-18/h2-13,15,19H,14,16H2,1H3. The van der Waals surface area contributed by atoms with E-state index in [4.69, 9.17) is 4.74 Å². The smallest absolute Gasteiger partial charge is 0.235 e. The van der Waals surface area contributed by atoms with Gasteiger partial charge in [0.15, 0.2) is 11.5 Å². The number of rotatable bonds is 3. The first-order chi connectivity index (χ1) is 13.1. The highest BCUT2D eigenvalue weighted by molar-refractivity contribution is 6.06. The molecule has 2 aromatic rings. The van der Waals surface area contributed by atoms with Crippen molar-refractivity contribution >= 4 is 17.4 Å². The molecule has 4 rings (SSSR count). The van der Waals surface area contributed by atoms with Crippen LogP contribution in [0.15, 0.2) is 84.5 Å². The van der Waals surface area contributed by atoms with Gasteiger partial charge in [-0.1, -0.05) is 48.5 Å². The number of allylic oxidation sites excluding steroid dienone is 2. The van der Waals surface area contributed by atoms with Crippen LogP contribution < -0.4 is 4.90 Å². The average Bonchev–Trinajstić information content (AvgIpc) is 2.69. The number of para-hydroxylation sites is 1. The molecule has 2 unspecified atom stereocenters. The number of carbonyl (C=O) groups is 2. The number of ketones is 1. The van der Waals surface area contributed by atoms with Crippen molar-refractivity contribution in [1.82, 2.24) is 0 Å². The van der Waals surface area contributed by atoms with Crippen LogP contribution in [0.5, 0.6) is 0 Å². The Bertz CT molecular complexity index is 917. The SMILES string of the molecule is CC1=CC2(C=CC1=O)OCC(Cc1ccccc1)C(=O)N2c1ccccc1.